The van der Waals surface area contributed by atoms with Gasteiger partial charge in [-0.2, -0.15) is 0 Å². The molecule has 0 radical (unpaired) electrons. The van der Waals surface area contributed by atoms with Crippen LogP contribution in [0.15, 0.2) is 48.5 Å². The Morgan fingerprint density at radius 2 is 1.41 bits per heavy atom. The number of anilines is 1. The summed E-state index contributed by atoms with van der Waals surface area (Å²) in [4.78, 5) is 39.3. The van der Waals surface area contributed by atoms with E-state index in [1.54, 1.807) is 17.0 Å². The molecule has 0 aliphatic carbocycles. The predicted octanol–water partition coefficient (Wildman–Crippen LogP) is 2.51. The molecule has 0 aromatic heterocycles. The summed E-state index contributed by atoms with van der Waals surface area (Å²) in [5.74, 6) is -1.91. The van der Waals surface area contributed by atoms with Crippen LogP contribution in [0.3, 0.4) is 0 Å². The Kier molecular flexibility index (Phi) is 5.35. The topological polar surface area (TPSA) is 90.0 Å². The zero-order valence-electron chi connectivity index (χ0n) is 14.4. The second-order valence-electron chi connectivity index (χ2n) is 6.07. The molecule has 140 valence electrons. The van der Waals surface area contributed by atoms with Gasteiger partial charge in [-0.1, -0.05) is 12.1 Å². The molecule has 2 aromatic carbocycles. The maximum atomic E-state index is 12.9. The minimum absolute atomic E-state index is 0.0426. The number of hydrogen-bond acceptors (Lipinski definition) is 3. The van der Waals surface area contributed by atoms with Gasteiger partial charge in [0.05, 0.1) is 11.1 Å². The molecule has 1 aliphatic heterocycles. The molecule has 1 fully saturated rings. The van der Waals surface area contributed by atoms with E-state index in [1.807, 2.05) is 0 Å². The number of carboxylic acid groups (broad SMARTS) is 1. The van der Waals surface area contributed by atoms with Crippen molar-refractivity contribution in [3.8, 4) is 0 Å². The van der Waals surface area contributed by atoms with Gasteiger partial charge in [-0.25, -0.2) is 14.0 Å². The number of piperazine rings is 1. The van der Waals surface area contributed by atoms with Gasteiger partial charge in [0, 0.05) is 31.9 Å². The SMILES string of the molecule is O=C(O)c1ccccc1C(=O)N1CCN(C(=O)Nc2ccc(F)cc2)CC1. The summed E-state index contributed by atoms with van der Waals surface area (Å²) in [7, 11) is 0. The molecule has 8 heteroatoms. The molecule has 0 unspecified atom stereocenters. The molecule has 3 amide bonds. The normalized spacial score (nSPS) is 14.0. The number of urea groups is 1. The molecule has 2 N–H and O–H groups in total. The zero-order valence-corrected chi connectivity index (χ0v) is 14.4. The van der Waals surface area contributed by atoms with Gasteiger partial charge in [0.2, 0.25) is 0 Å². The van der Waals surface area contributed by atoms with Crippen molar-refractivity contribution < 1.29 is 23.9 Å². The fourth-order valence-electron chi connectivity index (χ4n) is 2.87. The van der Waals surface area contributed by atoms with Gasteiger partial charge in [-0.15, -0.1) is 0 Å². The van der Waals surface area contributed by atoms with Crippen LogP contribution in [0.5, 0.6) is 0 Å². The van der Waals surface area contributed by atoms with E-state index in [0.717, 1.165) is 0 Å². The number of aromatic carboxylic acids is 1. The van der Waals surface area contributed by atoms with Crippen LogP contribution >= 0.6 is 0 Å². The van der Waals surface area contributed by atoms with E-state index in [9.17, 15) is 23.9 Å². The first kappa shape index (κ1) is 18.4. The maximum absolute atomic E-state index is 12.9. The molecule has 0 atom stereocenters. The first-order valence-corrected chi connectivity index (χ1v) is 8.39. The standard InChI is InChI=1S/C19H18FN3O4/c20-13-5-7-14(8-6-13)21-19(27)23-11-9-22(10-12-23)17(24)15-3-1-2-4-16(15)18(25)26/h1-8H,9-12H2,(H,21,27)(H,25,26). The summed E-state index contributed by atoms with van der Waals surface area (Å²) in [6.45, 7) is 1.22. The summed E-state index contributed by atoms with van der Waals surface area (Å²) in [6, 6.07) is 11.2. The average molecular weight is 371 g/mol. The highest BCUT2D eigenvalue weighted by Gasteiger charge is 2.27. The second-order valence-corrected chi connectivity index (χ2v) is 6.07. The minimum atomic E-state index is -1.16. The molecule has 7 nitrogen and oxygen atoms in total. The second kappa shape index (κ2) is 7.86. The van der Waals surface area contributed by atoms with Crippen molar-refractivity contribution in [2.45, 2.75) is 0 Å². The lowest BCUT2D eigenvalue weighted by Crippen LogP contribution is -2.51. The highest BCUT2D eigenvalue weighted by Crippen LogP contribution is 2.15. The molecule has 0 bridgehead atoms. The fraction of sp³-hybridized carbons (Fsp3) is 0.211. The first-order valence-electron chi connectivity index (χ1n) is 8.39. The van der Waals surface area contributed by atoms with Crippen LogP contribution in [0.25, 0.3) is 0 Å². The lowest BCUT2D eigenvalue weighted by Gasteiger charge is -2.35. The van der Waals surface area contributed by atoms with Crippen molar-refractivity contribution in [3.63, 3.8) is 0 Å². The Hall–Kier alpha value is -3.42. The van der Waals surface area contributed by atoms with Gasteiger partial charge in [-0.05, 0) is 36.4 Å². The van der Waals surface area contributed by atoms with Crippen LogP contribution in [0.1, 0.15) is 20.7 Å². The molecular weight excluding hydrogens is 353 g/mol. The van der Waals surface area contributed by atoms with Gasteiger partial charge in [0.15, 0.2) is 0 Å². The number of nitrogens with zero attached hydrogens (tertiary/aromatic N) is 2. The Labute approximate surface area is 155 Å². The van der Waals surface area contributed by atoms with Crippen molar-refractivity contribution in [1.29, 1.82) is 0 Å². The zero-order chi connectivity index (χ0) is 19.4. The van der Waals surface area contributed by atoms with Crippen LogP contribution in [0.4, 0.5) is 14.9 Å². The number of carbonyl (C=O) groups is 3. The Balaban J connectivity index is 1.60. The average Bonchev–Trinajstić information content (AvgIpc) is 2.69. The highest BCUT2D eigenvalue weighted by atomic mass is 19.1. The fourth-order valence-corrected chi connectivity index (χ4v) is 2.87. The largest absolute Gasteiger partial charge is 0.478 e. The predicted molar refractivity (Wildman–Crippen MR) is 96.3 cm³/mol. The van der Waals surface area contributed by atoms with Gasteiger partial charge in [-0.3, -0.25) is 4.79 Å². The van der Waals surface area contributed by atoms with Crippen LogP contribution in [-0.4, -0.2) is 59.0 Å². The van der Waals surface area contributed by atoms with Crippen molar-refractivity contribution in [2.24, 2.45) is 0 Å². The van der Waals surface area contributed by atoms with Crippen LogP contribution in [-0.2, 0) is 0 Å². The smallest absolute Gasteiger partial charge is 0.336 e. The van der Waals surface area contributed by atoms with Gasteiger partial charge in [0.25, 0.3) is 5.91 Å². The number of carbonyl (C=O) groups excluding carboxylic acids is 2. The van der Waals surface area contributed by atoms with E-state index in [1.165, 1.54) is 41.3 Å². The first-order chi connectivity index (χ1) is 13.0. The molecule has 1 saturated heterocycles. The monoisotopic (exact) mass is 371 g/mol. The summed E-state index contributed by atoms with van der Waals surface area (Å²) < 4.78 is 12.9. The quantitative estimate of drug-likeness (QED) is 0.868. The van der Waals surface area contributed by atoms with Crippen LogP contribution in [0, 0.1) is 5.82 Å². The minimum Gasteiger partial charge on any atom is -0.478 e. The van der Waals surface area contributed by atoms with E-state index >= 15 is 0 Å². The third kappa shape index (κ3) is 4.22. The number of hydrogen-bond donors (Lipinski definition) is 2. The summed E-state index contributed by atoms with van der Waals surface area (Å²) in [5, 5.41) is 11.9. The molecular formula is C19H18FN3O4. The number of halogens is 1. The third-order valence-corrected chi connectivity index (χ3v) is 4.34. The Bertz CT molecular complexity index is 862. The summed E-state index contributed by atoms with van der Waals surface area (Å²) in [6.07, 6.45) is 0. The number of carboxylic acids is 1. The lowest BCUT2D eigenvalue weighted by molar-refractivity contribution is 0.0642. The van der Waals surface area contributed by atoms with Crippen molar-refractivity contribution in [1.82, 2.24) is 9.80 Å². The van der Waals surface area contributed by atoms with Crippen molar-refractivity contribution in [2.75, 3.05) is 31.5 Å². The third-order valence-electron chi connectivity index (χ3n) is 4.34. The summed E-state index contributed by atoms with van der Waals surface area (Å²) in [5.41, 5.74) is 0.573. The summed E-state index contributed by atoms with van der Waals surface area (Å²) >= 11 is 0. The van der Waals surface area contributed by atoms with E-state index < -0.39 is 5.97 Å². The number of benzene rings is 2. The van der Waals surface area contributed by atoms with E-state index in [-0.39, 0.29) is 28.9 Å². The molecule has 2 aromatic rings. The molecule has 27 heavy (non-hydrogen) atoms. The van der Waals surface area contributed by atoms with Crippen molar-refractivity contribution >= 4 is 23.6 Å². The molecule has 0 saturated carbocycles. The molecule has 0 spiro atoms. The van der Waals surface area contributed by atoms with Crippen LogP contribution < -0.4 is 5.32 Å². The number of amides is 3. The number of nitrogens with one attached hydrogen (secondary N) is 1. The maximum Gasteiger partial charge on any atom is 0.336 e. The Morgan fingerprint density at radius 3 is 2.00 bits per heavy atom. The molecule has 1 aliphatic rings. The lowest BCUT2D eigenvalue weighted by atomic mass is 10.1. The van der Waals surface area contributed by atoms with E-state index in [4.69, 9.17) is 0 Å². The highest BCUT2D eigenvalue weighted by molar-refractivity contribution is 6.04. The number of rotatable bonds is 3. The van der Waals surface area contributed by atoms with Gasteiger partial charge >= 0.3 is 12.0 Å². The van der Waals surface area contributed by atoms with Crippen LogP contribution in [0.2, 0.25) is 0 Å². The molecule has 1 heterocycles. The van der Waals surface area contributed by atoms with Gasteiger partial charge in [0.1, 0.15) is 5.82 Å². The Morgan fingerprint density at radius 1 is 0.852 bits per heavy atom. The van der Waals surface area contributed by atoms with Gasteiger partial charge < -0.3 is 20.2 Å². The van der Waals surface area contributed by atoms with E-state index in [0.29, 0.717) is 31.9 Å². The van der Waals surface area contributed by atoms with Crippen molar-refractivity contribution in [3.05, 3.63) is 65.5 Å². The van der Waals surface area contributed by atoms with E-state index in [2.05, 4.69) is 5.32 Å². The molecule has 3 rings (SSSR count).